The van der Waals surface area contributed by atoms with Crippen LogP contribution >= 0.6 is 0 Å². The predicted molar refractivity (Wildman–Crippen MR) is 72.8 cm³/mol. The Hall–Kier alpha value is -1.02. The van der Waals surface area contributed by atoms with Crippen molar-refractivity contribution in [3.8, 4) is 0 Å². The van der Waals surface area contributed by atoms with E-state index in [0.29, 0.717) is 0 Å². The van der Waals surface area contributed by atoms with Gasteiger partial charge in [0.05, 0.1) is 0 Å². The fourth-order valence-corrected chi connectivity index (χ4v) is 3.10. The van der Waals surface area contributed by atoms with Crippen molar-refractivity contribution in [3.63, 3.8) is 0 Å². The molecule has 0 bridgehead atoms. The molecule has 0 amide bonds. The number of hydrogen-bond donors (Lipinski definition) is 2. The molecule has 1 aromatic carbocycles. The zero-order valence-corrected chi connectivity index (χ0v) is 10.8. The zero-order valence-electron chi connectivity index (χ0n) is 10.8. The summed E-state index contributed by atoms with van der Waals surface area (Å²) in [6.07, 6.45) is 2.57. The topological polar surface area (TPSA) is 24.1 Å². The summed E-state index contributed by atoms with van der Waals surface area (Å²) >= 11 is 0. The number of nitrogens with one attached hydrogen (secondary N) is 2. The maximum atomic E-state index is 3.51. The van der Waals surface area contributed by atoms with E-state index >= 15 is 0 Å². The van der Waals surface area contributed by atoms with Gasteiger partial charge in [-0.05, 0) is 49.0 Å². The molecule has 0 spiro atoms. The highest BCUT2D eigenvalue weighted by atomic mass is 14.9. The summed E-state index contributed by atoms with van der Waals surface area (Å²) in [5, 5.41) is 6.95. The molecule has 3 rings (SSSR count). The summed E-state index contributed by atoms with van der Waals surface area (Å²) in [5.74, 6) is 0.762. The summed E-state index contributed by atoms with van der Waals surface area (Å²) in [5.41, 5.74) is 4.68. The van der Waals surface area contributed by atoms with Crippen molar-refractivity contribution in [1.82, 2.24) is 5.32 Å². The van der Waals surface area contributed by atoms with Gasteiger partial charge < -0.3 is 10.6 Å². The predicted octanol–water partition coefficient (Wildman–Crippen LogP) is 2.86. The Balaban J connectivity index is 1.92. The van der Waals surface area contributed by atoms with E-state index in [9.17, 15) is 0 Å². The van der Waals surface area contributed by atoms with Crippen LogP contribution in [0, 0.1) is 0 Å². The van der Waals surface area contributed by atoms with Gasteiger partial charge in [-0.3, -0.25) is 0 Å². The molecule has 1 fully saturated rings. The summed E-state index contributed by atoms with van der Waals surface area (Å²) < 4.78 is 0. The molecular weight excluding hydrogens is 208 g/mol. The van der Waals surface area contributed by atoms with Crippen molar-refractivity contribution in [2.75, 3.05) is 25.0 Å². The molecule has 0 aromatic heterocycles. The number of anilines is 1. The highest BCUT2D eigenvalue weighted by Crippen LogP contribution is 2.38. The lowest BCUT2D eigenvalue weighted by Crippen LogP contribution is -2.26. The van der Waals surface area contributed by atoms with Crippen molar-refractivity contribution >= 4 is 5.69 Å². The Morgan fingerprint density at radius 3 is 2.71 bits per heavy atom. The summed E-state index contributed by atoms with van der Waals surface area (Å²) in [6.45, 7) is 8.07. The van der Waals surface area contributed by atoms with Crippen LogP contribution in [0.2, 0.25) is 0 Å². The molecule has 2 nitrogen and oxygen atoms in total. The minimum absolute atomic E-state index is 0.290. The first-order chi connectivity index (χ1) is 8.17. The molecule has 2 heteroatoms. The van der Waals surface area contributed by atoms with Gasteiger partial charge in [0.1, 0.15) is 0 Å². The van der Waals surface area contributed by atoms with Gasteiger partial charge in [-0.2, -0.15) is 0 Å². The first kappa shape index (κ1) is 11.1. The Bertz CT molecular complexity index is 417. The van der Waals surface area contributed by atoms with Gasteiger partial charge in [0.2, 0.25) is 0 Å². The first-order valence-corrected chi connectivity index (χ1v) is 6.76. The van der Waals surface area contributed by atoms with E-state index in [1.165, 1.54) is 37.2 Å². The maximum Gasteiger partial charge on any atom is 0.0379 e. The molecule has 17 heavy (non-hydrogen) atoms. The fourth-order valence-electron chi connectivity index (χ4n) is 3.10. The van der Waals surface area contributed by atoms with E-state index in [4.69, 9.17) is 0 Å². The van der Waals surface area contributed by atoms with Gasteiger partial charge >= 0.3 is 0 Å². The molecule has 1 saturated heterocycles. The van der Waals surface area contributed by atoms with Gasteiger partial charge in [-0.1, -0.05) is 26.0 Å². The monoisotopic (exact) mass is 230 g/mol. The van der Waals surface area contributed by atoms with Crippen molar-refractivity contribution in [2.24, 2.45) is 0 Å². The van der Waals surface area contributed by atoms with E-state index in [1.54, 1.807) is 5.56 Å². The highest BCUT2D eigenvalue weighted by Gasteiger charge is 2.30. The lowest BCUT2D eigenvalue weighted by Gasteiger charge is -2.25. The van der Waals surface area contributed by atoms with Crippen molar-refractivity contribution < 1.29 is 0 Å². The summed E-state index contributed by atoms with van der Waals surface area (Å²) in [7, 11) is 0. The maximum absolute atomic E-state index is 3.51. The molecule has 92 valence electrons. The second-order valence-corrected chi connectivity index (χ2v) is 6.07. The molecule has 2 aliphatic heterocycles. The lowest BCUT2D eigenvalue weighted by molar-refractivity contribution is 0.459. The van der Waals surface area contributed by atoms with Crippen molar-refractivity contribution in [1.29, 1.82) is 0 Å². The van der Waals surface area contributed by atoms with Crippen LogP contribution in [-0.2, 0) is 5.41 Å². The van der Waals surface area contributed by atoms with Gasteiger partial charge in [-0.15, -0.1) is 0 Å². The third-order valence-electron chi connectivity index (χ3n) is 4.30. The molecule has 0 atom stereocenters. The highest BCUT2D eigenvalue weighted by molar-refractivity contribution is 5.61. The zero-order chi connectivity index (χ0) is 11.9. The van der Waals surface area contributed by atoms with Gasteiger partial charge in [0.25, 0.3) is 0 Å². The Kier molecular flexibility index (Phi) is 2.62. The van der Waals surface area contributed by atoms with E-state index in [1.807, 2.05) is 0 Å². The average molecular weight is 230 g/mol. The minimum atomic E-state index is 0.290. The molecule has 2 N–H and O–H groups in total. The number of benzene rings is 1. The van der Waals surface area contributed by atoms with Crippen molar-refractivity contribution in [2.45, 2.75) is 38.0 Å². The second kappa shape index (κ2) is 4.02. The third-order valence-corrected chi connectivity index (χ3v) is 4.30. The van der Waals surface area contributed by atoms with Crippen LogP contribution in [0.1, 0.15) is 43.7 Å². The molecule has 0 saturated carbocycles. The average Bonchev–Trinajstić information content (AvgIpc) is 2.66. The van der Waals surface area contributed by atoms with Crippen LogP contribution in [0.3, 0.4) is 0 Å². The van der Waals surface area contributed by atoms with Crippen LogP contribution in [-0.4, -0.2) is 19.6 Å². The molecule has 2 heterocycles. The fraction of sp³-hybridized carbons (Fsp3) is 0.600. The van der Waals surface area contributed by atoms with E-state index in [2.05, 4.69) is 42.7 Å². The van der Waals surface area contributed by atoms with Gasteiger partial charge in [0.15, 0.2) is 0 Å². The van der Waals surface area contributed by atoms with Gasteiger partial charge in [-0.25, -0.2) is 0 Å². The molecule has 0 radical (unpaired) electrons. The number of hydrogen-bond acceptors (Lipinski definition) is 2. The smallest absolute Gasteiger partial charge is 0.0379 e. The van der Waals surface area contributed by atoms with Crippen molar-refractivity contribution in [3.05, 3.63) is 29.3 Å². The number of piperidine rings is 1. The summed E-state index contributed by atoms with van der Waals surface area (Å²) in [4.78, 5) is 0. The van der Waals surface area contributed by atoms with E-state index < -0.39 is 0 Å². The molecular formula is C15H22N2. The van der Waals surface area contributed by atoms with E-state index in [0.717, 1.165) is 12.5 Å². The molecule has 0 aliphatic carbocycles. The van der Waals surface area contributed by atoms with Crippen LogP contribution < -0.4 is 10.6 Å². The SMILES string of the molecule is CC1(C)CNc2ccc(C3CCNCC3)cc21. The largest absolute Gasteiger partial charge is 0.384 e. The first-order valence-electron chi connectivity index (χ1n) is 6.76. The molecule has 1 aromatic rings. The van der Waals surface area contributed by atoms with Crippen LogP contribution in [0.25, 0.3) is 0 Å². The Morgan fingerprint density at radius 1 is 1.18 bits per heavy atom. The normalized spacial score (nSPS) is 23.2. The Morgan fingerprint density at radius 2 is 1.94 bits per heavy atom. The van der Waals surface area contributed by atoms with Crippen LogP contribution in [0.5, 0.6) is 0 Å². The third kappa shape index (κ3) is 1.95. The van der Waals surface area contributed by atoms with Crippen LogP contribution in [0.15, 0.2) is 18.2 Å². The lowest BCUT2D eigenvalue weighted by atomic mass is 9.83. The van der Waals surface area contributed by atoms with Gasteiger partial charge in [0, 0.05) is 17.6 Å². The second-order valence-electron chi connectivity index (χ2n) is 6.07. The van der Waals surface area contributed by atoms with Crippen LogP contribution in [0.4, 0.5) is 5.69 Å². The minimum Gasteiger partial charge on any atom is -0.384 e. The van der Waals surface area contributed by atoms with E-state index in [-0.39, 0.29) is 5.41 Å². The standard InChI is InChI=1S/C15H22N2/c1-15(2)10-17-14-4-3-12(9-13(14)15)11-5-7-16-8-6-11/h3-4,9,11,16-17H,5-8,10H2,1-2H3. The molecule has 2 aliphatic rings. The number of fused-ring (bicyclic) bond motifs is 1. The quantitative estimate of drug-likeness (QED) is 0.775. The Labute approximate surface area is 104 Å². The number of rotatable bonds is 1. The molecule has 0 unspecified atom stereocenters. The summed E-state index contributed by atoms with van der Waals surface area (Å²) in [6, 6.07) is 7.05.